The Morgan fingerprint density at radius 2 is 1.89 bits per heavy atom. The molecule has 0 aliphatic heterocycles. The van der Waals surface area contributed by atoms with Gasteiger partial charge in [-0.2, -0.15) is 0 Å². The van der Waals surface area contributed by atoms with E-state index < -0.39 is 0 Å². The van der Waals surface area contributed by atoms with Crippen LogP contribution in [0.5, 0.6) is 0 Å². The zero-order valence-corrected chi connectivity index (χ0v) is 13.2. The molecule has 2 unspecified atom stereocenters. The molecule has 0 heterocycles. The molecule has 1 aliphatic rings. The number of unbranched alkanes of at least 4 members (excludes halogenated alkanes) is 1. The van der Waals surface area contributed by atoms with Gasteiger partial charge in [0.15, 0.2) is 0 Å². The Bertz CT molecular complexity index is 210. The third kappa shape index (κ3) is 5.30. The van der Waals surface area contributed by atoms with Crippen molar-refractivity contribution in [2.75, 3.05) is 13.1 Å². The normalized spacial score (nSPS) is 20.7. The van der Waals surface area contributed by atoms with Gasteiger partial charge in [0.25, 0.3) is 0 Å². The summed E-state index contributed by atoms with van der Waals surface area (Å²) >= 11 is 0. The SMILES string of the molecule is CCCCC(CC)CC(C)(CNCCC)C1CC1. The van der Waals surface area contributed by atoms with Gasteiger partial charge in [0.2, 0.25) is 0 Å². The first-order valence-corrected chi connectivity index (χ1v) is 8.37. The van der Waals surface area contributed by atoms with Gasteiger partial charge in [0.1, 0.15) is 0 Å². The second-order valence-electron chi connectivity index (χ2n) is 6.73. The predicted octanol–water partition coefficient (Wildman–Crippen LogP) is 5.01. The Hall–Kier alpha value is -0.0400. The molecule has 1 aliphatic carbocycles. The van der Waals surface area contributed by atoms with Gasteiger partial charge in [0, 0.05) is 6.54 Å². The summed E-state index contributed by atoms with van der Waals surface area (Å²) in [7, 11) is 0. The van der Waals surface area contributed by atoms with Crippen LogP contribution in [0.15, 0.2) is 0 Å². The van der Waals surface area contributed by atoms with E-state index >= 15 is 0 Å². The number of hydrogen-bond acceptors (Lipinski definition) is 1. The molecule has 108 valence electrons. The van der Waals surface area contributed by atoms with Crippen LogP contribution in [0.3, 0.4) is 0 Å². The summed E-state index contributed by atoms with van der Waals surface area (Å²) in [5, 5.41) is 3.68. The third-order valence-corrected chi connectivity index (χ3v) is 4.82. The molecule has 0 aromatic rings. The molecule has 18 heavy (non-hydrogen) atoms. The minimum absolute atomic E-state index is 0.573. The van der Waals surface area contributed by atoms with E-state index in [0.29, 0.717) is 5.41 Å². The second kappa shape index (κ2) is 8.19. The lowest BCUT2D eigenvalue weighted by Gasteiger charge is -2.34. The highest BCUT2D eigenvalue weighted by Gasteiger charge is 2.41. The van der Waals surface area contributed by atoms with E-state index in [-0.39, 0.29) is 0 Å². The lowest BCUT2D eigenvalue weighted by Crippen LogP contribution is -2.35. The van der Waals surface area contributed by atoms with E-state index in [1.54, 1.807) is 0 Å². The molecule has 1 fully saturated rings. The molecule has 2 atom stereocenters. The maximum absolute atomic E-state index is 3.68. The Labute approximate surface area is 115 Å². The minimum atomic E-state index is 0.573. The first-order valence-electron chi connectivity index (χ1n) is 8.37. The standard InChI is InChI=1S/C17H35N/c1-5-8-9-15(7-3)13-17(4,16-10-11-16)14-18-12-6-2/h15-16,18H,5-14H2,1-4H3. The maximum Gasteiger partial charge on any atom is 0.000791 e. The van der Waals surface area contributed by atoms with Crippen LogP contribution in [0.2, 0.25) is 0 Å². The minimum Gasteiger partial charge on any atom is -0.316 e. The van der Waals surface area contributed by atoms with Crippen molar-refractivity contribution < 1.29 is 0 Å². The highest BCUT2D eigenvalue weighted by Crippen LogP contribution is 2.49. The molecule has 1 nitrogen and oxygen atoms in total. The molecule has 0 bridgehead atoms. The van der Waals surface area contributed by atoms with Crippen molar-refractivity contribution in [3.8, 4) is 0 Å². The molecule has 1 N–H and O–H groups in total. The summed E-state index contributed by atoms with van der Waals surface area (Å²) in [6.45, 7) is 11.9. The van der Waals surface area contributed by atoms with Crippen LogP contribution in [-0.2, 0) is 0 Å². The zero-order chi connectivity index (χ0) is 13.4. The number of nitrogens with one attached hydrogen (secondary N) is 1. The molecule has 1 saturated carbocycles. The van der Waals surface area contributed by atoms with Gasteiger partial charge in [0.05, 0.1) is 0 Å². The second-order valence-corrected chi connectivity index (χ2v) is 6.73. The topological polar surface area (TPSA) is 12.0 Å². The molecule has 1 heteroatoms. The predicted molar refractivity (Wildman–Crippen MR) is 81.9 cm³/mol. The van der Waals surface area contributed by atoms with Crippen LogP contribution in [0.25, 0.3) is 0 Å². The summed E-state index contributed by atoms with van der Waals surface area (Å²) in [4.78, 5) is 0. The fourth-order valence-corrected chi connectivity index (χ4v) is 3.32. The molecular formula is C17H35N. The van der Waals surface area contributed by atoms with Crippen molar-refractivity contribution >= 4 is 0 Å². The fraction of sp³-hybridized carbons (Fsp3) is 1.00. The van der Waals surface area contributed by atoms with Crippen LogP contribution in [0.4, 0.5) is 0 Å². The summed E-state index contributed by atoms with van der Waals surface area (Å²) in [6, 6.07) is 0. The van der Waals surface area contributed by atoms with Gasteiger partial charge in [-0.05, 0) is 49.5 Å². The number of rotatable bonds is 11. The highest BCUT2D eigenvalue weighted by atomic mass is 14.9. The molecule has 0 amide bonds. The number of hydrogen-bond donors (Lipinski definition) is 1. The van der Waals surface area contributed by atoms with Gasteiger partial charge in [-0.3, -0.25) is 0 Å². The molecule has 0 radical (unpaired) electrons. The van der Waals surface area contributed by atoms with Crippen molar-refractivity contribution in [2.24, 2.45) is 17.3 Å². The van der Waals surface area contributed by atoms with E-state index in [4.69, 9.17) is 0 Å². The molecule has 0 spiro atoms. The lowest BCUT2D eigenvalue weighted by atomic mass is 9.74. The van der Waals surface area contributed by atoms with Crippen molar-refractivity contribution in [1.29, 1.82) is 0 Å². The van der Waals surface area contributed by atoms with Gasteiger partial charge >= 0.3 is 0 Å². The molecule has 1 rings (SSSR count). The summed E-state index contributed by atoms with van der Waals surface area (Å²) in [5.74, 6) is 1.97. The van der Waals surface area contributed by atoms with Crippen LogP contribution in [-0.4, -0.2) is 13.1 Å². The van der Waals surface area contributed by atoms with E-state index in [1.165, 1.54) is 64.5 Å². The first kappa shape index (κ1) is 16.0. The van der Waals surface area contributed by atoms with Crippen molar-refractivity contribution in [3.63, 3.8) is 0 Å². The molecular weight excluding hydrogens is 218 g/mol. The Kier molecular flexibility index (Phi) is 7.29. The summed E-state index contributed by atoms with van der Waals surface area (Å²) < 4.78 is 0. The Morgan fingerprint density at radius 3 is 2.39 bits per heavy atom. The van der Waals surface area contributed by atoms with E-state index in [9.17, 15) is 0 Å². The monoisotopic (exact) mass is 253 g/mol. The smallest absolute Gasteiger partial charge is 0.000791 e. The Morgan fingerprint density at radius 1 is 1.17 bits per heavy atom. The van der Waals surface area contributed by atoms with Gasteiger partial charge in [-0.25, -0.2) is 0 Å². The van der Waals surface area contributed by atoms with Gasteiger partial charge in [-0.15, -0.1) is 0 Å². The lowest BCUT2D eigenvalue weighted by molar-refractivity contribution is 0.184. The van der Waals surface area contributed by atoms with E-state index in [2.05, 4.69) is 33.0 Å². The van der Waals surface area contributed by atoms with E-state index in [1.807, 2.05) is 0 Å². The molecule has 0 aromatic carbocycles. The average molecular weight is 253 g/mol. The molecule has 0 saturated heterocycles. The fourth-order valence-electron chi connectivity index (χ4n) is 3.32. The summed E-state index contributed by atoms with van der Waals surface area (Å²) in [5.41, 5.74) is 0.573. The van der Waals surface area contributed by atoms with E-state index in [0.717, 1.165) is 11.8 Å². The van der Waals surface area contributed by atoms with Crippen LogP contribution in [0, 0.1) is 17.3 Å². The highest BCUT2D eigenvalue weighted by molar-refractivity contribution is 4.93. The zero-order valence-electron chi connectivity index (χ0n) is 13.2. The van der Waals surface area contributed by atoms with Gasteiger partial charge in [-0.1, -0.05) is 53.4 Å². The van der Waals surface area contributed by atoms with Crippen LogP contribution in [0.1, 0.15) is 79.1 Å². The Balaban J connectivity index is 2.43. The van der Waals surface area contributed by atoms with Crippen LogP contribution >= 0.6 is 0 Å². The largest absolute Gasteiger partial charge is 0.316 e. The summed E-state index contributed by atoms with van der Waals surface area (Å²) in [6.07, 6.45) is 11.3. The van der Waals surface area contributed by atoms with Crippen molar-refractivity contribution in [1.82, 2.24) is 5.32 Å². The third-order valence-electron chi connectivity index (χ3n) is 4.82. The van der Waals surface area contributed by atoms with Crippen LogP contribution < -0.4 is 5.32 Å². The first-order chi connectivity index (χ1) is 8.66. The van der Waals surface area contributed by atoms with Crippen molar-refractivity contribution in [3.05, 3.63) is 0 Å². The van der Waals surface area contributed by atoms with Crippen molar-refractivity contribution in [2.45, 2.75) is 79.1 Å². The quantitative estimate of drug-likeness (QED) is 0.510. The maximum atomic E-state index is 3.68. The average Bonchev–Trinajstić information content (AvgIpc) is 3.19. The van der Waals surface area contributed by atoms with Gasteiger partial charge < -0.3 is 5.32 Å². The molecule has 0 aromatic heterocycles.